The first kappa shape index (κ1) is 25.3. The van der Waals surface area contributed by atoms with Crippen LogP contribution in [0.1, 0.15) is 23.3 Å². The van der Waals surface area contributed by atoms with Crippen LogP contribution in [0.25, 0.3) is 22.3 Å². The zero-order chi connectivity index (χ0) is 26.8. The van der Waals surface area contributed by atoms with Gasteiger partial charge in [-0.3, -0.25) is 4.98 Å². The normalized spacial score (nSPS) is 13.9. The lowest BCUT2D eigenvalue weighted by atomic mass is 10.1. The highest BCUT2D eigenvalue weighted by atomic mass is 19.1. The van der Waals surface area contributed by atoms with Crippen LogP contribution in [0.5, 0.6) is 5.75 Å². The summed E-state index contributed by atoms with van der Waals surface area (Å²) < 4.78 is 42.1. The van der Waals surface area contributed by atoms with Crippen LogP contribution in [0.4, 0.5) is 26.1 Å². The minimum atomic E-state index is -0.878. The van der Waals surface area contributed by atoms with Crippen LogP contribution in [0.2, 0.25) is 0 Å². The summed E-state index contributed by atoms with van der Waals surface area (Å²) in [6.45, 7) is 1.44. The number of carbonyl (C=O) groups is 1. The van der Waals surface area contributed by atoms with Crippen molar-refractivity contribution in [1.82, 2.24) is 29.8 Å². The van der Waals surface area contributed by atoms with Crippen molar-refractivity contribution in [2.45, 2.75) is 18.9 Å². The fourth-order valence-corrected chi connectivity index (χ4v) is 4.30. The van der Waals surface area contributed by atoms with Crippen LogP contribution in [0.3, 0.4) is 0 Å². The maximum atomic E-state index is 14.9. The molecule has 0 aliphatic carbocycles. The summed E-state index contributed by atoms with van der Waals surface area (Å²) in [4.78, 5) is 30.4. The molecule has 198 valence electrons. The lowest BCUT2D eigenvalue weighted by Crippen LogP contribution is -2.34. The number of carbonyl (C=O) groups excluding carboxylic acids is 1. The average Bonchev–Trinajstić information content (AvgIpc) is 3.31. The fourth-order valence-electron chi connectivity index (χ4n) is 4.30. The number of nitrogens with zero attached hydrogens (tertiary/aromatic N) is 5. The van der Waals surface area contributed by atoms with Gasteiger partial charge in [-0.1, -0.05) is 0 Å². The van der Waals surface area contributed by atoms with Crippen molar-refractivity contribution < 1.29 is 23.0 Å². The lowest BCUT2D eigenvalue weighted by molar-refractivity contribution is 0.0595. The van der Waals surface area contributed by atoms with E-state index in [9.17, 15) is 13.6 Å². The molecule has 1 aliphatic rings. The fraction of sp³-hybridized carbons (Fsp3) is 0.320. The van der Waals surface area contributed by atoms with Crippen LogP contribution < -0.4 is 20.7 Å². The van der Waals surface area contributed by atoms with Crippen molar-refractivity contribution in [2.24, 2.45) is 7.05 Å². The molecule has 0 atom stereocenters. The van der Waals surface area contributed by atoms with Gasteiger partial charge in [0.1, 0.15) is 17.3 Å². The van der Waals surface area contributed by atoms with Crippen LogP contribution >= 0.6 is 0 Å². The van der Waals surface area contributed by atoms with Gasteiger partial charge in [-0.2, -0.15) is 0 Å². The number of aryl methyl sites for hydroxylation is 1. The predicted molar refractivity (Wildman–Crippen MR) is 137 cm³/mol. The molecule has 1 fully saturated rings. The van der Waals surface area contributed by atoms with Crippen molar-refractivity contribution >= 4 is 34.3 Å². The van der Waals surface area contributed by atoms with Crippen molar-refractivity contribution in [1.29, 1.82) is 0 Å². The van der Waals surface area contributed by atoms with E-state index in [1.807, 2.05) is 7.05 Å². The maximum Gasteiger partial charge on any atom is 0.360 e. The number of anilines is 3. The molecule has 1 aliphatic heterocycles. The largest absolute Gasteiger partial charge is 0.484 e. The second-order valence-corrected chi connectivity index (χ2v) is 8.73. The second-order valence-electron chi connectivity index (χ2n) is 8.73. The molecule has 0 unspecified atom stereocenters. The number of methoxy groups -OCH3 is 1. The van der Waals surface area contributed by atoms with E-state index in [4.69, 9.17) is 9.47 Å². The van der Waals surface area contributed by atoms with Crippen LogP contribution in [-0.2, 0) is 11.8 Å². The minimum absolute atomic E-state index is 0.0143. The van der Waals surface area contributed by atoms with E-state index in [1.54, 1.807) is 30.3 Å². The van der Waals surface area contributed by atoms with E-state index in [1.165, 1.54) is 7.11 Å². The summed E-state index contributed by atoms with van der Waals surface area (Å²) in [5.74, 6) is -2.77. The number of ether oxygens (including phenoxy) is 2. The summed E-state index contributed by atoms with van der Waals surface area (Å²) in [6, 6.07) is 2.15. The molecular formula is C25H26F2N8O3. The van der Waals surface area contributed by atoms with Gasteiger partial charge in [0, 0.05) is 38.1 Å². The number of pyridine rings is 1. The number of hydrogen-bond donors (Lipinski definition) is 3. The number of fused-ring (bicyclic) bond motifs is 1. The van der Waals surface area contributed by atoms with Gasteiger partial charge in [0.25, 0.3) is 0 Å². The van der Waals surface area contributed by atoms with Gasteiger partial charge in [-0.25, -0.2) is 28.5 Å². The number of hydrogen-bond acceptors (Lipinski definition) is 10. The van der Waals surface area contributed by atoms with Gasteiger partial charge in [0.05, 0.1) is 30.7 Å². The highest BCUT2D eigenvalue weighted by Crippen LogP contribution is 2.34. The van der Waals surface area contributed by atoms with Crippen molar-refractivity contribution in [2.75, 3.05) is 37.9 Å². The molecule has 0 spiro atoms. The zero-order valence-corrected chi connectivity index (χ0v) is 21.0. The Labute approximate surface area is 216 Å². The standard InChI is InChI=1S/C25H26F2N8O3/c1-28-23-20(15-10-30-11-18-19(15)31-12-35(18)2)33-21(25(36)37-3)24(34-23)32-13-8-16(26)22(17(27)9-13)38-14-4-6-29-7-5-14/h8-12,14,29H,4-7H2,1-3H3,(H2,28,32,34). The van der Waals surface area contributed by atoms with E-state index in [-0.39, 0.29) is 29.1 Å². The highest BCUT2D eigenvalue weighted by Gasteiger charge is 2.25. The molecule has 38 heavy (non-hydrogen) atoms. The number of nitrogens with one attached hydrogen (secondary N) is 3. The van der Waals surface area contributed by atoms with E-state index in [2.05, 4.69) is 35.9 Å². The SMILES string of the molecule is CNc1nc(Nc2cc(F)c(OC3CCNCC3)c(F)c2)c(C(=O)OC)nc1-c1cncc2c1ncn2C. The van der Waals surface area contributed by atoms with Crippen molar-refractivity contribution in [3.8, 4) is 17.0 Å². The Balaban J connectivity index is 1.53. The number of esters is 1. The van der Waals surface area contributed by atoms with Crippen molar-refractivity contribution in [3.63, 3.8) is 0 Å². The van der Waals surface area contributed by atoms with Crippen LogP contribution in [0, 0.1) is 11.6 Å². The molecule has 0 bridgehead atoms. The first-order valence-corrected chi connectivity index (χ1v) is 12.0. The Morgan fingerprint density at radius 3 is 2.55 bits per heavy atom. The lowest BCUT2D eigenvalue weighted by Gasteiger charge is -2.24. The van der Waals surface area contributed by atoms with Gasteiger partial charge in [0.2, 0.25) is 0 Å². The van der Waals surface area contributed by atoms with Crippen LogP contribution in [-0.4, -0.2) is 63.8 Å². The summed E-state index contributed by atoms with van der Waals surface area (Å²) in [7, 11) is 4.67. The summed E-state index contributed by atoms with van der Waals surface area (Å²) in [5, 5.41) is 8.93. The third-order valence-electron chi connectivity index (χ3n) is 6.24. The number of rotatable bonds is 7. The topological polar surface area (TPSA) is 128 Å². The Hall–Kier alpha value is -4.39. The molecule has 1 aromatic carbocycles. The van der Waals surface area contributed by atoms with Crippen molar-refractivity contribution in [3.05, 3.63) is 48.2 Å². The smallest absolute Gasteiger partial charge is 0.360 e. The Bertz CT molecular complexity index is 1480. The number of piperidine rings is 1. The zero-order valence-electron chi connectivity index (χ0n) is 21.0. The summed E-state index contributed by atoms with van der Waals surface area (Å²) >= 11 is 0. The summed E-state index contributed by atoms with van der Waals surface area (Å²) in [6.07, 6.45) is 5.90. The molecule has 13 heteroatoms. The molecule has 0 radical (unpaired) electrons. The Morgan fingerprint density at radius 1 is 1.13 bits per heavy atom. The molecule has 0 amide bonds. The minimum Gasteiger partial charge on any atom is -0.484 e. The Kier molecular flexibility index (Phi) is 7.01. The number of imidazole rings is 1. The molecule has 4 aromatic rings. The monoisotopic (exact) mass is 524 g/mol. The predicted octanol–water partition coefficient (Wildman–Crippen LogP) is 3.41. The quantitative estimate of drug-likeness (QED) is 0.310. The molecule has 4 heterocycles. The molecule has 11 nitrogen and oxygen atoms in total. The number of aromatic nitrogens is 5. The van der Waals surface area contributed by atoms with Gasteiger partial charge in [0.15, 0.2) is 34.7 Å². The van der Waals surface area contributed by atoms with E-state index in [0.717, 1.165) is 30.7 Å². The van der Waals surface area contributed by atoms with Gasteiger partial charge in [-0.15, -0.1) is 0 Å². The van der Waals surface area contributed by atoms with E-state index >= 15 is 0 Å². The molecule has 5 rings (SSSR count). The first-order chi connectivity index (χ1) is 18.4. The molecule has 3 aromatic heterocycles. The first-order valence-electron chi connectivity index (χ1n) is 12.0. The summed E-state index contributed by atoms with van der Waals surface area (Å²) in [5.41, 5.74) is 2.03. The maximum absolute atomic E-state index is 14.9. The molecular weight excluding hydrogens is 498 g/mol. The number of benzene rings is 1. The van der Waals surface area contributed by atoms with E-state index in [0.29, 0.717) is 29.6 Å². The van der Waals surface area contributed by atoms with Gasteiger partial charge in [-0.05, 0) is 25.9 Å². The second kappa shape index (κ2) is 10.5. The van der Waals surface area contributed by atoms with E-state index < -0.39 is 23.4 Å². The molecule has 1 saturated heterocycles. The molecule has 3 N–H and O–H groups in total. The highest BCUT2D eigenvalue weighted by molar-refractivity contribution is 5.98. The van der Waals surface area contributed by atoms with Gasteiger partial charge >= 0.3 is 5.97 Å². The third kappa shape index (κ3) is 4.79. The average molecular weight is 525 g/mol. The third-order valence-corrected chi connectivity index (χ3v) is 6.24. The van der Waals surface area contributed by atoms with Crippen LogP contribution in [0.15, 0.2) is 30.9 Å². The van der Waals surface area contributed by atoms with Gasteiger partial charge < -0.3 is 30.0 Å². The number of halogens is 2. The Morgan fingerprint density at radius 2 is 1.87 bits per heavy atom. The molecule has 0 saturated carbocycles.